The number of aliphatic hydroxyl groups is 6. The SMILES string of the molecule is C[C@H](C1CCCC1)[C@@H]1CC[C@H]2[C@@H](O)[C@]3(CC[C@@H](CCc4ccccc4)C3)C[C@]3(C=O)[C@H]4CC[C@@]56CCC#Cc7ccccc7C[C@H](NCO)[C@H]7C[C@H](C[C@]5(O)[C@]4(O)[C@@H](O)[C@H](C1)[C@]23O)[C@@H]6C1=CC(=O)O[C@@H]17. The van der Waals surface area contributed by atoms with E-state index in [0.717, 1.165) is 67.9 Å². The first-order valence-electron chi connectivity index (χ1n) is 27.6. The van der Waals surface area contributed by atoms with Crippen molar-refractivity contribution in [2.45, 2.75) is 176 Å². The topological polar surface area (TPSA) is 177 Å². The largest absolute Gasteiger partial charge is 0.454 e. The number of aryl methyl sites for hydroxylation is 1. The maximum absolute atomic E-state index is 15.1. The van der Waals surface area contributed by atoms with Crippen molar-refractivity contribution in [2.24, 2.45) is 75.4 Å². The summed E-state index contributed by atoms with van der Waals surface area (Å²) in [6.45, 7) is 2.04. The van der Waals surface area contributed by atoms with Crippen molar-refractivity contribution in [1.29, 1.82) is 0 Å². The van der Waals surface area contributed by atoms with Crippen LogP contribution in [0.5, 0.6) is 0 Å². The molecule has 2 aromatic carbocycles. The molecule has 10 aliphatic rings. The van der Waals surface area contributed by atoms with Gasteiger partial charge in [0.25, 0.3) is 0 Å². The summed E-state index contributed by atoms with van der Waals surface area (Å²) in [6, 6.07) is 18.2. The van der Waals surface area contributed by atoms with Crippen LogP contribution in [0.1, 0.15) is 139 Å². The molecule has 0 unspecified atom stereocenters. The van der Waals surface area contributed by atoms with Crippen molar-refractivity contribution in [1.82, 2.24) is 5.32 Å². The average molecular weight is 956 g/mol. The first-order valence-corrected chi connectivity index (χ1v) is 27.6. The molecule has 1 aliphatic heterocycles. The maximum Gasteiger partial charge on any atom is 0.331 e. The fourth-order valence-corrected chi connectivity index (χ4v) is 20.0. The molecule has 0 saturated heterocycles. The number of esters is 1. The van der Waals surface area contributed by atoms with Crippen LogP contribution in [-0.2, 0) is 27.2 Å². The van der Waals surface area contributed by atoms with Gasteiger partial charge in [-0.3, -0.25) is 5.32 Å². The highest BCUT2D eigenvalue weighted by Crippen LogP contribution is 2.79. The van der Waals surface area contributed by atoms with Gasteiger partial charge in [0.2, 0.25) is 0 Å². The van der Waals surface area contributed by atoms with Crippen molar-refractivity contribution >= 4 is 12.3 Å². The van der Waals surface area contributed by atoms with Crippen molar-refractivity contribution in [2.75, 3.05) is 6.73 Å². The molecule has 2 spiro atoms. The lowest BCUT2D eigenvalue weighted by atomic mass is 9.33. The number of nitrogens with one attached hydrogen (secondary N) is 1. The molecular formula is C60H77NO9. The smallest absolute Gasteiger partial charge is 0.331 e. The minimum atomic E-state index is -2.24. The van der Waals surface area contributed by atoms with Gasteiger partial charge in [0, 0.05) is 53.2 Å². The molecule has 10 heteroatoms. The van der Waals surface area contributed by atoms with E-state index in [-0.39, 0.29) is 61.6 Å². The summed E-state index contributed by atoms with van der Waals surface area (Å²) >= 11 is 0. The molecule has 376 valence electrons. The third-order valence-corrected chi connectivity index (χ3v) is 22.9. The number of carbonyl (C=O) groups excluding carboxylic acids is 2. The van der Waals surface area contributed by atoms with Crippen molar-refractivity contribution < 1.29 is 45.0 Å². The molecule has 0 aromatic heterocycles. The van der Waals surface area contributed by atoms with Crippen LogP contribution in [0.2, 0.25) is 0 Å². The van der Waals surface area contributed by atoms with Crippen LogP contribution in [0.15, 0.2) is 66.2 Å². The standard InChI is InChI=1S/C60H77NO9/c1-36(39-13-5-6-14-39)41-20-21-46-53(65)55(25-22-38(31-55)19-18-37-11-3-2-4-12-37)33-57(34-62)49-23-26-56-24-10-9-16-40-15-7-8-17-42(40)29-48(61-35-63)44-27-43(51(56)45-30-50(64)70-52(44)45)32-58(56,67)60(49,69)54(66)47(28-41)59(46,57)68/h2-4,7-8,11-12,15,17,30,34,36,38-39,41,43-44,46-49,51-54,61,63,65-69H,5-6,10,13-14,18-29,31-33,35H2,1H3/t36-,38-,41-,43-,44-,46+,47+,48+,49-,51-,52-,53-,54+,55+,56-,57+,58-,59-,60-/m1/s1. The maximum atomic E-state index is 15.1. The van der Waals surface area contributed by atoms with E-state index in [1.54, 1.807) is 6.08 Å². The summed E-state index contributed by atoms with van der Waals surface area (Å²) in [5, 5.41) is 84.2. The Bertz CT molecular complexity index is 2440. The Hall–Kier alpha value is -3.40. The zero-order valence-corrected chi connectivity index (χ0v) is 41.2. The second-order valence-corrected chi connectivity index (χ2v) is 25.1. The van der Waals surface area contributed by atoms with E-state index in [0.29, 0.717) is 63.2 Å². The Kier molecular flexibility index (Phi) is 11.8. The molecule has 10 nitrogen and oxygen atoms in total. The highest BCUT2D eigenvalue weighted by atomic mass is 16.5. The van der Waals surface area contributed by atoms with Crippen LogP contribution in [-0.4, -0.2) is 90.8 Å². The molecule has 2 aromatic rings. The molecule has 0 amide bonds. The number of aldehydes is 1. The molecule has 1 heterocycles. The van der Waals surface area contributed by atoms with Gasteiger partial charge in [0.15, 0.2) is 0 Å². The number of hydrogen-bond donors (Lipinski definition) is 7. The fourth-order valence-electron chi connectivity index (χ4n) is 20.0. The molecule has 19 atom stereocenters. The first-order chi connectivity index (χ1) is 33.8. The number of carbonyl (C=O) groups is 2. The van der Waals surface area contributed by atoms with Gasteiger partial charge < -0.3 is 40.2 Å². The Morgan fingerprint density at radius 3 is 2.43 bits per heavy atom. The molecule has 7 N–H and O–H groups in total. The number of benzene rings is 2. The van der Waals surface area contributed by atoms with Crippen molar-refractivity contribution in [3.8, 4) is 11.8 Å². The Morgan fingerprint density at radius 1 is 0.857 bits per heavy atom. The number of ether oxygens (including phenoxy) is 1. The summed E-state index contributed by atoms with van der Waals surface area (Å²) in [4.78, 5) is 28.7. The van der Waals surface area contributed by atoms with E-state index in [2.05, 4.69) is 54.4 Å². The lowest BCUT2D eigenvalue weighted by Crippen LogP contribution is -2.86. The number of hydrogen-bond acceptors (Lipinski definition) is 10. The van der Waals surface area contributed by atoms with Crippen LogP contribution in [0, 0.1) is 87.3 Å². The fraction of sp³-hybridized carbons (Fsp3) is 0.700. The summed E-state index contributed by atoms with van der Waals surface area (Å²) < 4.78 is 6.28. The van der Waals surface area contributed by atoms with Crippen LogP contribution < -0.4 is 5.32 Å². The van der Waals surface area contributed by atoms with E-state index < -0.39 is 75.1 Å². The summed E-state index contributed by atoms with van der Waals surface area (Å²) in [7, 11) is 0. The molecule has 4 bridgehead atoms. The summed E-state index contributed by atoms with van der Waals surface area (Å²) in [5.41, 5.74) is -5.35. The zero-order valence-electron chi connectivity index (χ0n) is 41.2. The van der Waals surface area contributed by atoms with Crippen LogP contribution >= 0.6 is 0 Å². The van der Waals surface area contributed by atoms with Crippen LogP contribution in [0.3, 0.4) is 0 Å². The van der Waals surface area contributed by atoms with Gasteiger partial charge >= 0.3 is 5.97 Å². The Labute approximate surface area is 414 Å². The van der Waals surface area contributed by atoms with E-state index in [1.807, 2.05) is 24.3 Å². The van der Waals surface area contributed by atoms with Gasteiger partial charge in [-0.25, -0.2) is 4.79 Å². The van der Waals surface area contributed by atoms with Crippen LogP contribution in [0.25, 0.3) is 0 Å². The van der Waals surface area contributed by atoms with Crippen molar-refractivity contribution in [3.63, 3.8) is 0 Å². The third-order valence-electron chi connectivity index (χ3n) is 22.9. The molecule has 12 rings (SSSR count). The van der Waals surface area contributed by atoms with E-state index in [1.165, 1.54) is 18.4 Å². The monoisotopic (exact) mass is 956 g/mol. The van der Waals surface area contributed by atoms with E-state index >= 15 is 4.79 Å². The number of fused-ring (bicyclic) bond motifs is 7. The van der Waals surface area contributed by atoms with Gasteiger partial charge in [-0.15, -0.1) is 0 Å². The van der Waals surface area contributed by atoms with Gasteiger partial charge in [-0.1, -0.05) is 93.0 Å². The summed E-state index contributed by atoms with van der Waals surface area (Å²) in [5.74, 6) is 4.10. The molecule has 70 heavy (non-hydrogen) atoms. The highest BCUT2D eigenvalue weighted by Gasteiger charge is 2.86. The number of aliphatic hydroxyl groups excluding tert-OH is 3. The van der Waals surface area contributed by atoms with E-state index in [4.69, 9.17) is 4.74 Å². The predicted octanol–water partition coefficient (Wildman–Crippen LogP) is 6.98. The highest BCUT2D eigenvalue weighted by molar-refractivity contribution is 5.86. The molecule has 8 fully saturated rings. The van der Waals surface area contributed by atoms with Crippen LogP contribution in [0.4, 0.5) is 0 Å². The Morgan fingerprint density at radius 2 is 1.64 bits per heavy atom. The molecular weight excluding hydrogens is 879 g/mol. The second-order valence-electron chi connectivity index (χ2n) is 25.1. The second kappa shape index (κ2) is 17.4. The predicted molar refractivity (Wildman–Crippen MR) is 263 cm³/mol. The number of rotatable bonds is 8. The summed E-state index contributed by atoms with van der Waals surface area (Å²) in [6.07, 6.45) is 12.8. The van der Waals surface area contributed by atoms with Gasteiger partial charge in [0.05, 0.1) is 30.0 Å². The van der Waals surface area contributed by atoms with E-state index in [9.17, 15) is 35.4 Å². The minimum absolute atomic E-state index is 0.0781. The van der Waals surface area contributed by atoms with Gasteiger partial charge in [-0.05, 0) is 160 Å². The molecule has 9 aliphatic carbocycles. The lowest BCUT2D eigenvalue weighted by Gasteiger charge is -2.74. The quantitative estimate of drug-likeness (QED) is 0.0633. The Balaban J connectivity index is 1.01. The third kappa shape index (κ3) is 6.56. The normalized spacial score (nSPS) is 47.4. The van der Waals surface area contributed by atoms with Crippen molar-refractivity contribution in [3.05, 3.63) is 82.9 Å². The molecule has 8 saturated carbocycles. The molecule has 0 radical (unpaired) electrons. The minimum Gasteiger partial charge on any atom is -0.454 e. The average Bonchev–Trinajstić information content (AvgIpc) is 4.16. The lowest BCUT2D eigenvalue weighted by molar-refractivity contribution is -0.383. The van der Waals surface area contributed by atoms with Gasteiger partial charge in [0.1, 0.15) is 23.6 Å². The van der Waals surface area contributed by atoms with Gasteiger partial charge in [-0.2, -0.15) is 0 Å². The zero-order chi connectivity index (χ0) is 48.4. The first kappa shape index (κ1) is 47.6.